The van der Waals surface area contributed by atoms with Crippen molar-refractivity contribution in [3.05, 3.63) is 28.2 Å². The van der Waals surface area contributed by atoms with Gasteiger partial charge in [-0.1, -0.05) is 29.3 Å². The molecule has 1 N–H and O–H groups in total. The van der Waals surface area contributed by atoms with Crippen LogP contribution in [0.15, 0.2) is 18.2 Å². The van der Waals surface area contributed by atoms with Crippen molar-refractivity contribution in [2.24, 2.45) is 0 Å². The molecule has 1 unspecified atom stereocenters. The van der Waals surface area contributed by atoms with Gasteiger partial charge in [0.2, 0.25) is 0 Å². The Morgan fingerprint density at radius 2 is 2.15 bits per heavy atom. The van der Waals surface area contributed by atoms with Gasteiger partial charge in [0, 0.05) is 0 Å². The maximum absolute atomic E-state index is 8.76. The Bertz CT molecular complexity index is 289. The molecule has 0 aliphatic carbocycles. The van der Waals surface area contributed by atoms with Crippen LogP contribution in [0, 0.1) is 0 Å². The molecule has 0 fully saturated rings. The van der Waals surface area contributed by atoms with Gasteiger partial charge in [-0.05, 0) is 19.1 Å². The summed E-state index contributed by atoms with van der Waals surface area (Å²) in [5, 5.41) is 9.58. The van der Waals surface area contributed by atoms with Gasteiger partial charge in [-0.3, -0.25) is 0 Å². The van der Waals surface area contributed by atoms with Gasteiger partial charge in [-0.15, -0.1) is 0 Å². The highest BCUT2D eigenvalue weighted by Crippen LogP contribution is 2.31. The SMILES string of the molecule is CC(CO)Oc1cccc(Cl)c1Cl. The van der Waals surface area contributed by atoms with Crippen molar-refractivity contribution in [1.29, 1.82) is 0 Å². The molecule has 0 radical (unpaired) electrons. The molecule has 0 aliphatic rings. The van der Waals surface area contributed by atoms with Gasteiger partial charge in [-0.2, -0.15) is 0 Å². The maximum Gasteiger partial charge on any atom is 0.139 e. The molecule has 0 amide bonds. The minimum Gasteiger partial charge on any atom is -0.487 e. The largest absolute Gasteiger partial charge is 0.487 e. The van der Waals surface area contributed by atoms with Crippen LogP contribution in [0.5, 0.6) is 5.75 Å². The number of hydrogen-bond acceptors (Lipinski definition) is 2. The fourth-order valence-electron chi connectivity index (χ4n) is 0.829. The molecule has 4 heteroatoms. The average Bonchev–Trinajstić information content (AvgIpc) is 2.13. The Hall–Kier alpha value is -0.440. The smallest absolute Gasteiger partial charge is 0.139 e. The molecular weight excluding hydrogens is 211 g/mol. The molecule has 72 valence electrons. The Labute approximate surface area is 87.0 Å². The van der Waals surface area contributed by atoms with Crippen LogP contribution in [0.25, 0.3) is 0 Å². The van der Waals surface area contributed by atoms with E-state index < -0.39 is 0 Å². The molecule has 2 nitrogen and oxygen atoms in total. The van der Waals surface area contributed by atoms with Gasteiger partial charge in [0.1, 0.15) is 16.9 Å². The molecule has 1 aromatic carbocycles. The summed E-state index contributed by atoms with van der Waals surface area (Å²) in [4.78, 5) is 0. The van der Waals surface area contributed by atoms with Crippen molar-refractivity contribution in [2.45, 2.75) is 13.0 Å². The molecule has 0 aliphatic heterocycles. The standard InChI is InChI=1S/C9H10Cl2O2/c1-6(5-12)13-8-4-2-3-7(10)9(8)11/h2-4,6,12H,5H2,1H3. The number of ether oxygens (including phenoxy) is 1. The molecule has 13 heavy (non-hydrogen) atoms. The number of benzene rings is 1. The zero-order chi connectivity index (χ0) is 9.84. The van der Waals surface area contributed by atoms with Crippen molar-refractivity contribution in [3.63, 3.8) is 0 Å². The van der Waals surface area contributed by atoms with Gasteiger partial charge in [0.25, 0.3) is 0 Å². The monoisotopic (exact) mass is 220 g/mol. The summed E-state index contributed by atoms with van der Waals surface area (Å²) in [6.07, 6.45) is -0.282. The molecular formula is C9H10Cl2O2. The second-order valence-electron chi connectivity index (χ2n) is 2.66. The first-order chi connectivity index (χ1) is 6.15. The molecule has 0 spiro atoms. The van der Waals surface area contributed by atoms with Crippen molar-refractivity contribution in [2.75, 3.05) is 6.61 Å². The Kier molecular flexibility index (Phi) is 3.85. The van der Waals surface area contributed by atoms with Crippen LogP contribution in [0.2, 0.25) is 10.0 Å². The molecule has 1 aromatic rings. The van der Waals surface area contributed by atoms with Crippen LogP contribution in [-0.4, -0.2) is 17.8 Å². The fraction of sp³-hybridized carbons (Fsp3) is 0.333. The Morgan fingerprint density at radius 1 is 1.46 bits per heavy atom. The Morgan fingerprint density at radius 3 is 2.77 bits per heavy atom. The highest BCUT2D eigenvalue weighted by atomic mass is 35.5. The van der Waals surface area contributed by atoms with E-state index in [-0.39, 0.29) is 12.7 Å². The quantitative estimate of drug-likeness (QED) is 0.850. The molecule has 0 saturated carbocycles. The second-order valence-corrected chi connectivity index (χ2v) is 3.45. The number of aliphatic hydroxyl groups is 1. The lowest BCUT2D eigenvalue weighted by Crippen LogP contribution is -2.16. The van der Waals surface area contributed by atoms with Crippen LogP contribution in [-0.2, 0) is 0 Å². The van der Waals surface area contributed by atoms with Crippen molar-refractivity contribution in [3.8, 4) is 5.75 Å². The van der Waals surface area contributed by atoms with Crippen molar-refractivity contribution < 1.29 is 9.84 Å². The van der Waals surface area contributed by atoms with E-state index in [1.807, 2.05) is 0 Å². The summed E-state index contributed by atoms with van der Waals surface area (Å²) in [5.74, 6) is 0.496. The zero-order valence-electron chi connectivity index (χ0n) is 7.13. The first-order valence-corrected chi connectivity index (χ1v) is 4.62. The molecule has 0 heterocycles. The summed E-state index contributed by atoms with van der Waals surface area (Å²) >= 11 is 11.6. The number of aliphatic hydroxyl groups excluding tert-OH is 1. The average molecular weight is 221 g/mol. The van der Waals surface area contributed by atoms with E-state index in [1.54, 1.807) is 25.1 Å². The van der Waals surface area contributed by atoms with Crippen LogP contribution in [0.1, 0.15) is 6.92 Å². The van der Waals surface area contributed by atoms with Crippen molar-refractivity contribution in [1.82, 2.24) is 0 Å². The number of rotatable bonds is 3. The van der Waals surface area contributed by atoms with Crippen LogP contribution < -0.4 is 4.74 Å². The van der Waals surface area contributed by atoms with E-state index in [0.29, 0.717) is 15.8 Å². The molecule has 1 rings (SSSR count). The first-order valence-electron chi connectivity index (χ1n) is 3.86. The summed E-state index contributed by atoms with van der Waals surface area (Å²) in [6.45, 7) is 1.69. The number of hydrogen-bond donors (Lipinski definition) is 1. The third kappa shape index (κ3) is 2.76. The van der Waals surface area contributed by atoms with Gasteiger partial charge in [-0.25, -0.2) is 0 Å². The third-order valence-corrected chi connectivity index (χ3v) is 2.30. The van der Waals surface area contributed by atoms with Crippen LogP contribution in [0.3, 0.4) is 0 Å². The summed E-state index contributed by atoms with van der Waals surface area (Å²) in [7, 11) is 0. The summed E-state index contributed by atoms with van der Waals surface area (Å²) in [6, 6.07) is 5.13. The summed E-state index contributed by atoms with van der Waals surface area (Å²) in [5.41, 5.74) is 0. The predicted octanol–water partition coefficient (Wildman–Crippen LogP) is 2.75. The highest BCUT2D eigenvalue weighted by molar-refractivity contribution is 6.42. The lowest BCUT2D eigenvalue weighted by molar-refractivity contribution is 0.130. The first kappa shape index (κ1) is 10.6. The van der Waals surface area contributed by atoms with E-state index in [1.165, 1.54) is 0 Å². The van der Waals surface area contributed by atoms with E-state index >= 15 is 0 Å². The number of halogens is 2. The van der Waals surface area contributed by atoms with Crippen LogP contribution >= 0.6 is 23.2 Å². The fourth-order valence-corrected chi connectivity index (χ4v) is 1.17. The van der Waals surface area contributed by atoms with Gasteiger partial charge in [0.15, 0.2) is 0 Å². The van der Waals surface area contributed by atoms with E-state index in [0.717, 1.165) is 0 Å². The minimum atomic E-state index is -0.282. The van der Waals surface area contributed by atoms with Gasteiger partial charge >= 0.3 is 0 Å². The van der Waals surface area contributed by atoms with Gasteiger partial charge in [0.05, 0.1) is 11.6 Å². The third-order valence-electron chi connectivity index (χ3n) is 1.50. The normalized spacial score (nSPS) is 12.6. The molecule has 0 saturated heterocycles. The maximum atomic E-state index is 8.76. The topological polar surface area (TPSA) is 29.5 Å². The van der Waals surface area contributed by atoms with E-state index in [9.17, 15) is 0 Å². The second kappa shape index (κ2) is 4.70. The van der Waals surface area contributed by atoms with Crippen molar-refractivity contribution >= 4 is 23.2 Å². The zero-order valence-corrected chi connectivity index (χ0v) is 8.64. The Balaban J connectivity index is 2.83. The highest BCUT2D eigenvalue weighted by Gasteiger charge is 2.08. The molecule has 0 aromatic heterocycles. The summed E-state index contributed by atoms with van der Waals surface area (Å²) < 4.78 is 5.31. The predicted molar refractivity (Wildman–Crippen MR) is 53.6 cm³/mol. The lowest BCUT2D eigenvalue weighted by atomic mass is 10.3. The van der Waals surface area contributed by atoms with Crippen LogP contribution in [0.4, 0.5) is 0 Å². The molecule has 1 atom stereocenters. The van der Waals surface area contributed by atoms with E-state index in [2.05, 4.69) is 0 Å². The lowest BCUT2D eigenvalue weighted by Gasteiger charge is -2.13. The molecule has 0 bridgehead atoms. The minimum absolute atomic E-state index is 0.0527. The van der Waals surface area contributed by atoms with E-state index in [4.69, 9.17) is 33.0 Å². The van der Waals surface area contributed by atoms with Gasteiger partial charge < -0.3 is 9.84 Å².